The van der Waals surface area contributed by atoms with Gasteiger partial charge in [-0.2, -0.15) is 0 Å². The van der Waals surface area contributed by atoms with E-state index in [9.17, 15) is 4.79 Å². The fraction of sp³-hybridized carbons (Fsp3) is 0.632. The zero-order valence-corrected chi connectivity index (χ0v) is 14.9. The molecule has 2 heterocycles. The number of ether oxygens (including phenoxy) is 3. The van der Waals surface area contributed by atoms with Crippen molar-refractivity contribution in [3.63, 3.8) is 0 Å². The van der Waals surface area contributed by atoms with Gasteiger partial charge in [-0.3, -0.25) is 4.79 Å². The molecule has 0 bridgehead atoms. The summed E-state index contributed by atoms with van der Waals surface area (Å²) in [6.45, 7) is 5.73. The largest absolute Gasteiger partial charge is 0.493 e. The Kier molecular flexibility index (Phi) is 5.93. The Morgan fingerprint density at radius 1 is 1.32 bits per heavy atom. The number of aryl methyl sites for hydroxylation is 1. The van der Waals surface area contributed by atoms with E-state index in [4.69, 9.17) is 19.9 Å². The number of hydrogen-bond donors (Lipinski definition) is 2. The molecule has 3 rings (SSSR count). The quantitative estimate of drug-likeness (QED) is 0.815. The predicted molar refractivity (Wildman–Crippen MR) is 94.4 cm³/mol. The van der Waals surface area contributed by atoms with E-state index in [0.29, 0.717) is 45.1 Å². The van der Waals surface area contributed by atoms with Crippen LogP contribution in [0.5, 0.6) is 5.75 Å². The summed E-state index contributed by atoms with van der Waals surface area (Å²) >= 11 is 0. The minimum atomic E-state index is -0.828. The maximum absolute atomic E-state index is 12.5. The van der Waals surface area contributed by atoms with Gasteiger partial charge in [-0.1, -0.05) is 12.1 Å². The average Bonchev–Trinajstić information content (AvgIpc) is 3.13. The predicted octanol–water partition coefficient (Wildman–Crippen LogP) is 1.53. The highest BCUT2D eigenvalue weighted by Crippen LogP contribution is 2.23. The van der Waals surface area contributed by atoms with Crippen LogP contribution in [-0.4, -0.2) is 44.5 Å². The van der Waals surface area contributed by atoms with Crippen molar-refractivity contribution in [1.82, 2.24) is 5.32 Å². The van der Waals surface area contributed by atoms with Gasteiger partial charge in [0.25, 0.3) is 0 Å². The second kappa shape index (κ2) is 8.17. The molecule has 6 heteroatoms. The highest BCUT2D eigenvalue weighted by atomic mass is 16.5. The molecule has 2 saturated heterocycles. The maximum Gasteiger partial charge on any atom is 0.240 e. The molecule has 1 unspecified atom stereocenters. The lowest BCUT2D eigenvalue weighted by molar-refractivity contribution is -0.129. The molecule has 1 amide bonds. The van der Waals surface area contributed by atoms with Gasteiger partial charge in [0.1, 0.15) is 5.75 Å². The third-order valence-corrected chi connectivity index (χ3v) is 5.00. The molecule has 2 aliphatic rings. The molecule has 1 atom stereocenters. The standard InChI is InChI=1S/C19H28N2O4/c1-14-2-3-16(17(10-14)25-13-15-4-7-24-12-15)11-21-18(22)19(20)5-8-23-9-6-19/h2-3,10,15H,4-9,11-13,20H2,1H3,(H,21,22). The minimum absolute atomic E-state index is 0.119. The van der Waals surface area contributed by atoms with Crippen LogP contribution in [0, 0.1) is 12.8 Å². The molecule has 25 heavy (non-hydrogen) atoms. The Morgan fingerprint density at radius 3 is 2.84 bits per heavy atom. The first-order valence-electron chi connectivity index (χ1n) is 9.02. The topological polar surface area (TPSA) is 82.8 Å². The van der Waals surface area contributed by atoms with Crippen LogP contribution >= 0.6 is 0 Å². The molecule has 2 fully saturated rings. The second-order valence-electron chi connectivity index (χ2n) is 7.10. The van der Waals surface area contributed by atoms with Gasteiger partial charge in [-0.05, 0) is 37.8 Å². The van der Waals surface area contributed by atoms with Crippen LogP contribution < -0.4 is 15.8 Å². The summed E-state index contributed by atoms with van der Waals surface area (Å²) in [6, 6.07) is 6.05. The number of nitrogens with two attached hydrogens (primary N) is 1. The lowest BCUT2D eigenvalue weighted by Gasteiger charge is -2.31. The second-order valence-corrected chi connectivity index (χ2v) is 7.10. The highest BCUT2D eigenvalue weighted by molar-refractivity contribution is 5.86. The average molecular weight is 348 g/mol. The van der Waals surface area contributed by atoms with E-state index in [-0.39, 0.29) is 5.91 Å². The first-order chi connectivity index (χ1) is 12.1. The Hall–Kier alpha value is -1.63. The van der Waals surface area contributed by atoms with Gasteiger partial charge in [0.05, 0.1) is 18.8 Å². The van der Waals surface area contributed by atoms with Crippen LogP contribution in [0.15, 0.2) is 18.2 Å². The van der Waals surface area contributed by atoms with E-state index in [2.05, 4.69) is 5.32 Å². The molecule has 0 aromatic heterocycles. The summed E-state index contributed by atoms with van der Waals surface area (Å²) in [4.78, 5) is 12.5. The summed E-state index contributed by atoms with van der Waals surface area (Å²) in [5.41, 5.74) is 7.50. The van der Waals surface area contributed by atoms with Gasteiger partial charge in [0.15, 0.2) is 0 Å². The van der Waals surface area contributed by atoms with Crippen LogP contribution in [0.25, 0.3) is 0 Å². The van der Waals surface area contributed by atoms with Crippen molar-refractivity contribution in [3.8, 4) is 5.75 Å². The molecular weight excluding hydrogens is 320 g/mol. The van der Waals surface area contributed by atoms with Crippen molar-refractivity contribution < 1.29 is 19.0 Å². The van der Waals surface area contributed by atoms with Gasteiger partial charge >= 0.3 is 0 Å². The van der Waals surface area contributed by atoms with Crippen molar-refractivity contribution in [2.24, 2.45) is 11.7 Å². The van der Waals surface area contributed by atoms with Gasteiger partial charge in [0, 0.05) is 37.8 Å². The van der Waals surface area contributed by atoms with Crippen LogP contribution in [0.1, 0.15) is 30.4 Å². The van der Waals surface area contributed by atoms with E-state index < -0.39 is 5.54 Å². The van der Waals surface area contributed by atoms with E-state index >= 15 is 0 Å². The smallest absolute Gasteiger partial charge is 0.240 e. The number of hydrogen-bond acceptors (Lipinski definition) is 5. The molecule has 2 aliphatic heterocycles. The number of amides is 1. The summed E-state index contributed by atoms with van der Waals surface area (Å²) in [5.74, 6) is 1.15. The van der Waals surface area contributed by atoms with E-state index in [1.807, 2.05) is 25.1 Å². The third kappa shape index (κ3) is 4.71. The Bertz CT molecular complexity index is 593. The molecule has 138 valence electrons. The number of benzene rings is 1. The summed E-state index contributed by atoms with van der Waals surface area (Å²) in [6.07, 6.45) is 2.14. The van der Waals surface area contributed by atoms with Crippen LogP contribution in [0.3, 0.4) is 0 Å². The fourth-order valence-electron chi connectivity index (χ4n) is 3.18. The minimum Gasteiger partial charge on any atom is -0.493 e. The normalized spacial score (nSPS) is 22.6. The number of carbonyl (C=O) groups is 1. The van der Waals surface area contributed by atoms with E-state index in [1.54, 1.807) is 0 Å². The maximum atomic E-state index is 12.5. The molecule has 6 nitrogen and oxygen atoms in total. The van der Waals surface area contributed by atoms with Crippen LogP contribution in [-0.2, 0) is 20.8 Å². The van der Waals surface area contributed by atoms with Gasteiger partial charge in [-0.15, -0.1) is 0 Å². The molecule has 0 saturated carbocycles. The fourth-order valence-corrected chi connectivity index (χ4v) is 3.18. The lowest BCUT2D eigenvalue weighted by atomic mass is 9.90. The molecule has 1 aromatic rings. The number of carbonyl (C=O) groups excluding carboxylic acids is 1. The Balaban J connectivity index is 1.60. The summed E-state index contributed by atoms with van der Waals surface area (Å²) in [7, 11) is 0. The zero-order valence-electron chi connectivity index (χ0n) is 14.9. The lowest BCUT2D eigenvalue weighted by Crippen LogP contribution is -2.56. The van der Waals surface area contributed by atoms with Crippen molar-refractivity contribution >= 4 is 5.91 Å². The Morgan fingerprint density at radius 2 is 2.12 bits per heavy atom. The van der Waals surface area contributed by atoms with Gasteiger partial charge in [-0.25, -0.2) is 0 Å². The van der Waals surface area contributed by atoms with Gasteiger partial charge in [0.2, 0.25) is 5.91 Å². The summed E-state index contributed by atoms with van der Waals surface area (Å²) in [5, 5.41) is 2.97. The molecule has 0 aliphatic carbocycles. The number of rotatable bonds is 6. The monoisotopic (exact) mass is 348 g/mol. The van der Waals surface area contributed by atoms with E-state index in [0.717, 1.165) is 36.5 Å². The van der Waals surface area contributed by atoms with Crippen LogP contribution in [0.4, 0.5) is 0 Å². The molecule has 0 spiro atoms. The third-order valence-electron chi connectivity index (χ3n) is 5.00. The van der Waals surface area contributed by atoms with Crippen molar-refractivity contribution in [2.45, 2.75) is 38.3 Å². The number of nitrogens with one attached hydrogen (secondary N) is 1. The van der Waals surface area contributed by atoms with Crippen LogP contribution in [0.2, 0.25) is 0 Å². The molecule has 1 aromatic carbocycles. The highest BCUT2D eigenvalue weighted by Gasteiger charge is 2.35. The van der Waals surface area contributed by atoms with Crippen molar-refractivity contribution in [3.05, 3.63) is 29.3 Å². The SMILES string of the molecule is Cc1ccc(CNC(=O)C2(N)CCOCC2)c(OCC2CCOC2)c1. The molecular formula is C19H28N2O4. The van der Waals surface area contributed by atoms with Crippen molar-refractivity contribution in [1.29, 1.82) is 0 Å². The zero-order chi connectivity index (χ0) is 17.7. The molecule has 3 N–H and O–H groups in total. The first kappa shape index (κ1) is 18.2. The Labute approximate surface area is 149 Å². The first-order valence-corrected chi connectivity index (χ1v) is 9.02. The van der Waals surface area contributed by atoms with E-state index in [1.165, 1.54) is 0 Å². The summed E-state index contributed by atoms with van der Waals surface area (Å²) < 4.78 is 16.7. The van der Waals surface area contributed by atoms with Crippen molar-refractivity contribution in [2.75, 3.05) is 33.0 Å². The van der Waals surface area contributed by atoms with Gasteiger partial charge < -0.3 is 25.3 Å². The molecule has 0 radical (unpaired) electrons.